The minimum Gasteiger partial charge on any atom is -0.386 e. The Morgan fingerprint density at radius 3 is 2.19 bits per heavy atom. The lowest BCUT2D eigenvalue weighted by molar-refractivity contribution is -0.147. The van der Waals surface area contributed by atoms with Crippen LogP contribution in [0.5, 0.6) is 0 Å². The molecule has 1 aliphatic heterocycles. The summed E-state index contributed by atoms with van der Waals surface area (Å²) in [7, 11) is 0. The summed E-state index contributed by atoms with van der Waals surface area (Å²) >= 11 is 0. The fraction of sp³-hybridized carbons (Fsp3) is 0.462. The van der Waals surface area contributed by atoms with E-state index in [1.54, 1.807) is 24.0 Å². The van der Waals surface area contributed by atoms with Gasteiger partial charge in [0.05, 0.1) is 18.7 Å². The number of likely N-dealkylation sites (tertiary alicyclic amines) is 1. The van der Waals surface area contributed by atoms with Crippen LogP contribution in [-0.2, 0) is 4.79 Å². The molecular weight excluding hydrogens is 202 g/mol. The van der Waals surface area contributed by atoms with Crippen molar-refractivity contribution in [1.82, 2.24) is 4.90 Å². The van der Waals surface area contributed by atoms with Gasteiger partial charge in [-0.1, -0.05) is 45.2 Å². The van der Waals surface area contributed by atoms with Crippen LogP contribution in [0.15, 0.2) is 37.0 Å². The second kappa shape index (κ2) is 6.28. The Hall–Kier alpha value is -1.35. The number of aliphatic hydroxyl groups is 1. The Balaban J connectivity index is 0.00000106. The van der Waals surface area contributed by atoms with E-state index in [0.29, 0.717) is 18.7 Å². The minimum absolute atomic E-state index is 0.105. The van der Waals surface area contributed by atoms with E-state index in [9.17, 15) is 9.90 Å². The highest BCUT2D eigenvalue weighted by atomic mass is 16.3. The maximum atomic E-state index is 11.7. The van der Waals surface area contributed by atoms with E-state index < -0.39 is 5.60 Å². The molecule has 1 N–H and O–H groups in total. The zero-order chi connectivity index (χ0) is 12.8. The van der Waals surface area contributed by atoms with E-state index >= 15 is 0 Å². The summed E-state index contributed by atoms with van der Waals surface area (Å²) in [6.45, 7) is 13.5. The van der Waals surface area contributed by atoms with E-state index in [1.165, 1.54) is 6.08 Å². The molecule has 0 spiro atoms. The molecule has 3 heteroatoms. The maximum absolute atomic E-state index is 11.7. The predicted molar refractivity (Wildman–Crippen MR) is 67.0 cm³/mol. The van der Waals surface area contributed by atoms with Gasteiger partial charge in [-0.3, -0.25) is 4.79 Å². The number of hydrogen-bond acceptors (Lipinski definition) is 2. The normalized spacial score (nSPS) is 17.8. The lowest BCUT2D eigenvalue weighted by atomic mass is 9.96. The number of β-amino-alcohol motifs (C(OH)–C–C–N with tert-alkyl or cyclic N) is 1. The number of carbonyl (C=O) groups excluding carboxylic acids is 1. The third kappa shape index (κ3) is 3.66. The molecule has 90 valence electrons. The highest BCUT2D eigenvalue weighted by Crippen LogP contribution is 2.21. The zero-order valence-corrected chi connectivity index (χ0v) is 10.4. The fourth-order valence-electron chi connectivity index (χ4n) is 1.46. The van der Waals surface area contributed by atoms with Gasteiger partial charge >= 0.3 is 0 Å². The van der Waals surface area contributed by atoms with Crippen LogP contribution in [-0.4, -0.2) is 34.6 Å². The van der Waals surface area contributed by atoms with Gasteiger partial charge < -0.3 is 10.0 Å². The average molecular weight is 223 g/mol. The molecule has 1 fully saturated rings. The maximum Gasteiger partial charge on any atom is 0.254 e. The number of hydrogen-bond donors (Lipinski definition) is 1. The number of allylic oxidation sites excluding steroid dienone is 2. The first-order valence-corrected chi connectivity index (χ1v) is 5.47. The number of nitrogens with zero attached hydrogens (tertiary/aromatic N) is 1. The van der Waals surface area contributed by atoms with E-state index in [-0.39, 0.29) is 5.91 Å². The first kappa shape index (κ1) is 14.6. The molecule has 0 aromatic rings. The van der Waals surface area contributed by atoms with Crippen molar-refractivity contribution in [3.05, 3.63) is 37.0 Å². The van der Waals surface area contributed by atoms with Gasteiger partial charge in [0.15, 0.2) is 0 Å². The van der Waals surface area contributed by atoms with Gasteiger partial charge in [-0.2, -0.15) is 0 Å². The summed E-state index contributed by atoms with van der Waals surface area (Å²) in [6, 6.07) is 0. The molecule has 0 aromatic heterocycles. The summed E-state index contributed by atoms with van der Waals surface area (Å²) < 4.78 is 0. The van der Waals surface area contributed by atoms with Crippen molar-refractivity contribution in [2.45, 2.75) is 26.4 Å². The summed E-state index contributed by atoms with van der Waals surface area (Å²) in [6.07, 6.45) is 4.66. The average Bonchev–Trinajstić information content (AvgIpc) is 2.24. The molecule has 0 bridgehead atoms. The Labute approximate surface area is 97.8 Å². The Kier molecular flexibility index (Phi) is 5.75. The SMILES string of the molecule is C=C/C=C(\C=C)C(=O)N1CC(C)(O)C1.CC. The molecule has 3 nitrogen and oxygen atoms in total. The highest BCUT2D eigenvalue weighted by Gasteiger charge is 2.39. The van der Waals surface area contributed by atoms with Crippen molar-refractivity contribution in [1.29, 1.82) is 0 Å². The van der Waals surface area contributed by atoms with Crippen LogP contribution in [0.2, 0.25) is 0 Å². The quantitative estimate of drug-likeness (QED) is 0.586. The highest BCUT2D eigenvalue weighted by molar-refractivity contribution is 5.97. The summed E-state index contributed by atoms with van der Waals surface area (Å²) in [5.74, 6) is -0.105. The zero-order valence-electron chi connectivity index (χ0n) is 10.4. The molecule has 1 aliphatic rings. The van der Waals surface area contributed by atoms with Gasteiger partial charge in [-0.15, -0.1) is 0 Å². The van der Waals surface area contributed by atoms with Crippen LogP contribution in [0.3, 0.4) is 0 Å². The molecule has 0 saturated carbocycles. The van der Waals surface area contributed by atoms with E-state index in [0.717, 1.165) is 0 Å². The molecule has 0 radical (unpaired) electrons. The Morgan fingerprint density at radius 2 is 1.88 bits per heavy atom. The monoisotopic (exact) mass is 223 g/mol. The van der Waals surface area contributed by atoms with E-state index in [1.807, 2.05) is 13.8 Å². The van der Waals surface area contributed by atoms with Crippen molar-refractivity contribution in [2.24, 2.45) is 0 Å². The van der Waals surface area contributed by atoms with Crippen LogP contribution in [0.1, 0.15) is 20.8 Å². The van der Waals surface area contributed by atoms with Crippen LogP contribution in [0.4, 0.5) is 0 Å². The molecule has 0 unspecified atom stereocenters. The summed E-state index contributed by atoms with van der Waals surface area (Å²) in [4.78, 5) is 13.2. The molecule has 1 amide bonds. The van der Waals surface area contributed by atoms with Gasteiger partial charge in [-0.25, -0.2) is 0 Å². The number of carbonyl (C=O) groups is 1. The van der Waals surface area contributed by atoms with Crippen LogP contribution in [0, 0.1) is 0 Å². The van der Waals surface area contributed by atoms with Crippen LogP contribution in [0.25, 0.3) is 0 Å². The standard InChI is InChI=1S/C11H15NO2.C2H6/c1-4-6-9(5-2)10(13)12-7-11(3,14)8-12;1-2/h4-6,14H,1-2,7-8H2,3H3;1-2H3/b9-6+;. The lowest BCUT2D eigenvalue weighted by Crippen LogP contribution is -2.61. The second-order valence-corrected chi connectivity index (χ2v) is 3.72. The van der Waals surface area contributed by atoms with Crippen molar-refractivity contribution >= 4 is 5.91 Å². The van der Waals surface area contributed by atoms with Crippen molar-refractivity contribution in [3.8, 4) is 0 Å². The molecule has 16 heavy (non-hydrogen) atoms. The minimum atomic E-state index is -0.726. The second-order valence-electron chi connectivity index (χ2n) is 3.72. The van der Waals surface area contributed by atoms with Crippen molar-refractivity contribution in [3.63, 3.8) is 0 Å². The number of rotatable bonds is 3. The largest absolute Gasteiger partial charge is 0.386 e. The van der Waals surface area contributed by atoms with Crippen molar-refractivity contribution < 1.29 is 9.90 Å². The van der Waals surface area contributed by atoms with Crippen molar-refractivity contribution in [2.75, 3.05) is 13.1 Å². The summed E-state index contributed by atoms with van der Waals surface area (Å²) in [5, 5.41) is 9.46. The summed E-state index contributed by atoms with van der Waals surface area (Å²) in [5.41, 5.74) is -0.216. The molecule has 0 atom stereocenters. The third-order valence-electron chi connectivity index (χ3n) is 2.11. The van der Waals surface area contributed by atoms with Gasteiger partial charge in [0.2, 0.25) is 0 Å². The van der Waals surface area contributed by atoms with Crippen LogP contribution < -0.4 is 0 Å². The van der Waals surface area contributed by atoms with Gasteiger partial charge in [0.1, 0.15) is 0 Å². The molecule has 0 aliphatic carbocycles. The van der Waals surface area contributed by atoms with Gasteiger partial charge in [-0.05, 0) is 6.92 Å². The predicted octanol–water partition coefficient (Wildman–Crippen LogP) is 1.90. The first-order valence-electron chi connectivity index (χ1n) is 5.47. The lowest BCUT2D eigenvalue weighted by Gasteiger charge is -2.44. The van der Waals surface area contributed by atoms with Crippen LogP contribution >= 0.6 is 0 Å². The molecule has 1 rings (SSSR count). The first-order chi connectivity index (χ1) is 7.50. The van der Waals surface area contributed by atoms with Gasteiger partial charge in [0.25, 0.3) is 5.91 Å². The Morgan fingerprint density at radius 1 is 1.38 bits per heavy atom. The van der Waals surface area contributed by atoms with E-state index in [4.69, 9.17) is 0 Å². The fourth-order valence-corrected chi connectivity index (χ4v) is 1.46. The van der Waals surface area contributed by atoms with E-state index in [2.05, 4.69) is 13.2 Å². The Bertz CT molecular complexity index is 295. The molecular formula is C13H21NO2. The third-order valence-corrected chi connectivity index (χ3v) is 2.11. The molecule has 1 heterocycles. The topological polar surface area (TPSA) is 40.5 Å². The number of amides is 1. The molecule has 0 aromatic carbocycles. The van der Waals surface area contributed by atoms with Gasteiger partial charge in [0, 0.05) is 5.57 Å². The smallest absolute Gasteiger partial charge is 0.254 e. The molecule has 1 saturated heterocycles.